The third-order valence-corrected chi connectivity index (χ3v) is 2.95. The normalized spacial score (nSPS) is 10.2. The van der Waals surface area contributed by atoms with Crippen LogP contribution in [-0.4, -0.2) is 29.3 Å². The minimum Gasteiger partial charge on any atom is -0.495 e. The maximum Gasteiger partial charge on any atom is 0.339 e. The Hall–Kier alpha value is -2.89. The van der Waals surface area contributed by atoms with E-state index in [0.29, 0.717) is 0 Å². The molecule has 0 aliphatic carbocycles. The van der Waals surface area contributed by atoms with Crippen molar-refractivity contribution >= 4 is 11.9 Å². The van der Waals surface area contributed by atoms with Gasteiger partial charge in [-0.1, -0.05) is 12.1 Å². The van der Waals surface area contributed by atoms with E-state index in [1.807, 2.05) is 0 Å². The van der Waals surface area contributed by atoms with Crippen LogP contribution < -0.4 is 4.74 Å². The zero-order chi connectivity index (χ0) is 15.6. The van der Waals surface area contributed by atoms with Crippen LogP contribution in [0.4, 0.5) is 4.39 Å². The molecule has 2 rings (SSSR count). The van der Waals surface area contributed by atoms with Gasteiger partial charge in [0.05, 0.1) is 12.7 Å². The molecule has 0 saturated carbocycles. The molecule has 6 heteroatoms. The Labute approximate surface area is 119 Å². The van der Waals surface area contributed by atoms with E-state index in [2.05, 4.69) is 0 Å². The average Bonchev–Trinajstić information content (AvgIpc) is 2.46. The van der Waals surface area contributed by atoms with Crippen molar-refractivity contribution in [2.24, 2.45) is 0 Å². The molecule has 108 valence electrons. The topological polar surface area (TPSA) is 83.8 Å². The summed E-state index contributed by atoms with van der Waals surface area (Å²) in [5.41, 5.74) is -0.0860. The molecule has 0 aliphatic rings. The minimum atomic E-state index is -1.22. The zero-order valence-electron chi connectivity index (χ0n) is 11.0. The fraction of sp³-hybridized carbons (Fsp3) is 0.0667. The molecule has 0 aromatic heterocycles. The molecule has 2 aromatic rings. The maximum atomic E-state index is 14.0. The predicted molar refractivity (Wildman–Crippen MR) is 72.3 cm³/mol. The Bertz CT molecular complexity index is 724. The molecule has 2 aromatic carbocycles. The SMILES string of the molecule is COc1c(C(=O)O)cccc1-c1cc(C(=O)O)ccc1F. The fourth-order valence-corrected chi connectivity index (χ4v) is 2.00. The number of hydrogen-bond donors (Lipinski definition) is 2. The number of carboxylic acids is 2. The summed E-state index contributed by atoms with van der Waals surface area (Å²) in [7, 11) is 1.27. The zero-order valence-corrected chi connectivity index (χ0v) is 11.0. The van der Waals surface area contributed by atoms with Gasteiger partial charge in [0.15, 0.2) is 0 Å². The Morgan fingerprint density at radius 1 is 1.05 bits per heavy atom. The van der Waals surface area contributed by atoms with Crippen LogP contribution in [0.1, 0.15) is 20.7 Å². The first-order valence-electron chi connectivity index (χ1n) is 5.89. The van der Waals surface area contributed by atoms with E-state index < -0.39 is 17.8 Å². The number of aromatic carboxylic acids is 2. The van der Waals surface area contributed by atoms with E-state index in [1.54, 1.807) is 0 Å². The first-order valence-corrected chi connectivity index (χ1v) is 5.89. The van der Waals surface area contributed by atoms with Gasteiger partial charge < -0.3 is 14.9 Å². The van der Waals surface area contributed by atoms with Crippen LogP contribution in [0, 0.1) is 5.82 Å². The monoisotopic (exact) mass is 290 g/mol. The highest BCUT2D eigenvalue weighted by atomic mass is 19.1. The molecular formula is C15H11FO5. The van der Waals surface area contributed by atoms with E-state index in [9.17, 15) is 14.0 Å². The average molecular weight is 290 g/mol. The Kier molecular flexibility index (Phi) is 3.89. The molecule has 0 aliphatic heterocycles. The Balaban J connectivity index is 2.72. The second kappa shape index (κ2) is 5.62. The fourth-order valence-electron chi connectivity index (χ4n) is 2.00. The van der Waals surface area contributed by atoms with Gasteiger partial charge in [-0.05, 0) is 24.3 Å². The number of rotatable bonds is 4. The van der Waals surface area contributed by atoms with Crippen LogP contribution in [0.15, 0.2) is 36.4 Å². The second-order valence-electron chi connectivity index (χ2n) is 4.19. The predicted octanol–water partition coefficient (Wildman–Crippen LogP) is 2.90. The summed E-state index contributed by atoms with van der Waals surface area (Å²) in [6, 6.07) is 7.52. The van der Waals surface area contributed by atoms with E-state index in [0.717, 1.165) is 18.2 Å². The number of carboxylic acid groups (broad SMARTS) is 2. The van der Waals surface area contributed by atoms with E-state index >= 15 is 0 Å². The quantitative estimate of drug-likeness (QED) is 0.904. The molecule has 2 N–H and O–H groups in total. The largest absolute Gasteiger partial charge is 0.495 e. The van der Waals surface area contributed by atoms with Crippen molar-refractivity contribution in [2.45, 2.75) is 0 Å². The molecule has 0 radical (unpaired) electrons. The van der Waals surface area contributed by atoms with Crippen molar-refractivity contribution in [3.05, 3.63) is 53.3 Å². The Morgan fingerprint density at radius 3 is 2.33 bits per heavy atom. The van der Waals surface area contributed by atoms with E-state index in [4.69, 9.17) is 14.9 Å². The summed E-state index contributed by atoms with van der Waals surface area (Å²) >= 11 is 0. The molecular weight excluding hydrogens is 279 g/mol. The summed E-state index contributed by atoms with van der Waals surface area (Å²) in [5, 5.41) is 18.1. The summed E-state index contributed by atoms with van der Waals surface area (Å²) in [6.07, 6.45) is 0. The summed E-state index contributed by atoms with van der Waals surface area (Å²) in [4.78, 5) is 22.1. The molecule has 0 amide bonds. The van der Waals surface area contributed by atoms with Crippen molar-refractivity contribution < 1.29 is 28.9 Å². The summed E-state index contributed by atoms with van der Waals surface area (Å²) < 4.78 is 19.0. The molecule has 0 unspecified atom stereocenters. The first kappa shape index (κ1) is 14.5. The lowest BCUT2D eigenvalue weighted by Gasteiger charge is -2.12. The lowest BCUT2D eigenvalue weighted by Crippen LogP contribution is -2.03. The highest BCUT2D eigenvalue weighted by Gasteiger charge is 2.19. The van der Waals surface area contributed by atoms with Crippen LogP contribution in [0.2, 0.25) is 0 Å². The van der Waals surface area contributed by atoms with Crippen molar-refractivity contribution in [3.8, 4) is 16.9 Å². The van der Waals surface area contributed by atoms with Crippen LogP contribution in [0.5, 0.6) is 5.75 Å². The van der Waals surface area contributed by atoms with E-state index in [1.165, 1.54) is 25.3 Å². The molecule has 0 atom stereocenters. The lowest BCUT2D eigenvalue weighted by molar-refractivity contribution is 0.0683. The number of para-hydroxylation sites is 1. The van der Waals surface area contributed by atoms with Crippen molar-refractivity contribution in [3.63, 3.8) is 0 Å². The number of hydrogen-bond acceptors (Lipinski definition) is 3. The van der Waals surface area contributed by atoms with Gasteiger partial charge in [-0.2, -0.15) is 0 Å². The highest BCUT2D eigenvalue weighted by molar-refractivity contribution is 5.95. The maximum absolute atomic E-state index is 14.0. The molecule has 21 heavy (non-hydrogen) atoms. The third kappa shape index (κ3) is 2.69. The number of carbonyl (C=O) groups is 2. The van der Waals surface area contributed by atoms with Gasteiger partial charge >= 0.3 is 11.9 Å². The standard InChI is InChI=1S/C15H11FO5/c1-21-13-9(3-2-4-10(13)15(19)20)11-7-8(14(17)18)5-6-12(11)16/h2-7H,1H3,(H,17,18)(H,19,20). The molecule has 0 fully saturated rings. The molecule has 0 saturated heterocycles. The van der Waals surface area contributed by atoms with Crippen LogP contribution in [0.25, 0.3) is 11.1 Å². The van der Waals surface area contributed by atoms with Gasteiger partial charge in [-0.15, -0.1) is 0 Å². The molecule has 5 nitrogen and oxygen atoms in total. The van der Waals surface area contributed by atoms with Gasteiger partial charge in [0.2, 0.25) is 0 Å². The molecule has 0 bridgehead atoms. The van der Waals surface area contributed by atoms with Gasteiger partial charge in [0, 0.05) is 11.1 Å². The van der Waals surface area contributed by atoms with Crippen LogP contribution in [-0.2, 0) is 0 Å². The van der Waals surface area contributed by atoms with Gasteiger partial charge in [-0.3, -0.25) is 0 Å². The smallest absolute Gasteiger partial charge is 0.339 e. The molecule has 0 spiro atoms. The minimum absolute atomic E-state index is 0.0218. The summed E-state index contributed by atoms with van der Waals surface area (Å²) in [5.74, 6) is -3.11. The number of methoxy groups -OCH3 is 1. The number of ether oxygens (including phenoxy) is 1. The van der Waals surface area contributed by atoms with E-state index in [-0.39, 0.29) is 28.0 Å². The van der Waals surface area contributed by atoms with Crippen LogP contribution >= 0.6 is 0 Å². The summed E-state index contributed by atoms with van der Waals surface area (Å²) in [6.45, 7) is 0. The Morgan fingerprint density at radius 2 is 1.76 bits per heavy atom. The second-order valence-corrected chi connectivity index (χ2v) is 4.19. The van der Waals surface area contributed by atoms with Crippen molar-refractivity contribution in [1.29, 1.82) is 0 Å². The van der Waals surface area contributed by atoms with Gasteiger partial charge in [0.1, 0.15) is 17.1 Å². The third-order valence-electron chi connectivity index (χ3n) is 2.95. The van der Waals surface area contributed by atoms with Crippen LogP contribution in [0.3, 0.4) is 0 Å². The van der Waals surface area contributed by atoms with Crippen molar-refractivity contribution in [1.82, 2.24) is 0 Å². The van der Waals surface area contributed by atoms with Gasteiger partial charge in [0.25, 0.3) is 0 Å². The number of benzene rings is 2. The highest BCUT2D eigenvalue weighted by Crippen LogP contribution is 2.35. The first-order chi connectivity index (χ1) is 9.95. The van der Waals surface area contributed by atoms with Gasteiger partial charge in [-0.25, -0.2) is 14.0 Å². The lowest BCUT2D eigenvalue weighted by atomic mass is 9.99. The molecule has 0 heterocycles. The van der Waals surface area contributed by atoms with Crippen molar-refractivity contribution in [2.75, 3.05) is 7.11 Å². The number of halogens is 1.